The van der Waals surface area contributed by atoms with Gasteiger partial charge in [-0.3, -0.25) is 0 Å². The molecule has 1 unspecified atom stereocenters. The lowest BCUT2D eigenvalue weighted by molar-refractivity contribution is 0.538. The Labute approximate surface area is 131 Å². The number of hydrogen-bond acceptors (Lipinski definition) is 2. The summed E-state index contributed by atoms with van der Waals surface area (Å²) in [4.78, 5) is 4.66. The van der Waals surface area contributed by atoms with Crippen LogP contribution < -0.4 is 0 Å². The smallest absolute Gasteiger partial charge is 0.125 e. The first-order valence-corrected chi connectivity index (χ1v) is 8.93. The van der Waals surface area contributed by atoms with Gasteiger partial charge in [0.25, 0.3) is 0 Å². The van der Waals surface area contributed by atoms with Crippen molar-refractivity contribution in [2.45, 2.75) is 25.3 Å². The third-order valence-corrected chi connectivity index (χ3v) is 4.67. The van der Waals surface area contributed by atoms with Gasteiger partial charge in [-0.25, -0.2) is 4.98 Å². The van der Waals surface area contributed by atoms with Gasteiger partial charge >= 0.3 is 0 Å². The van der Waals surface area contributed by atoms with Gasteiger partial charge in [-0.2, -0.15) is 11.8 Å². The monoisotopic (exact) mass is 394 g/mol. The lowest BCUT2D eigenvalue weighted by Gasteiger charge is -2.19. The fraction of sp³-hybridized carbons (Fsp3) is 0.462. The molecule has 2 nitrogen and oxygen atoms in total. The van der Waals surface area contributed by atoms with Gasteiger partial charge in [0.05, 0.1) is 16.9 Å². The molecule has 0 fully saturated rings. The van der Waals surface area contributed by atoms with E-state index < -0.39 is 0 Å². The average molecular weight is 395 g/mol. The number of rotatable bonds is 5. The summed E-state index contributed by atoms with van der Waals surface area (Å²) in [6.45, 7) is 2.22. The summed E-state index contributed by atoms with van der Waals surface area (Å²) < 4.78 is 3.53. The topological polar surface area (TPSA) is 17.8 Å². The summed E-state index contributed by atoms with van der Waals surface area (Å²) in [5.74, 6) is 2.54. The second kappa shape index (κ2) is 6.48. The first kappa shape index (κ1) is 14.5. The molecule has 2 aromatic rings. The van der Waals surface area contributed by atoms with Crippen LogP contribution in [0.5, 0.6) is 0 Å². The standard InChI is InChI=1S/C13H16ClIN2S/c1-3-10(8-18-2)17-12-5-4-9(15)6-11(12)16-13(17)7-14/h4-6,10H,3,7-8H2,1-2H3. The maximum Gasteiger partial charge on any atom is 0.125 e. The number of fused-ring (bicyclic) bond motifs is 1. The van der Waals surface area contributed by atoms with Gasteiger partial charge in [0, 0.05) is 15.4 Å². The maximum absolute atomic E-state index is 6.05. The Kier molecular flexibility index (Phi) is 5.21. The first-order valence-electron chi connectivity index (χ1n) is 5.92. The SMILES string of the molecule is CCC(CSC)n1c(CCl)nc2cc(I)ccc21. The zero-order valence-corrected chi connectivity index (χ0v) is 14.2. The minimum atomic E-state index is 0.468. The number of alkyl halides is 1. The van der Waals surface area contributed by atoms with E-state index in [4.69, 9.17) is 11.6 Å². The predicted molar refractivity (Wildman–Crippen MR) is 89.7 cm³/mol. The molecule has 0 aliphatic carbocycles. The molecule has 0 saturated heterocycles. The Bertz CT molecular complexity index is 541. The summed E-state index contributed by atoms with van der Waals surface area (Å²) >= 11 is 10.2. The molecule has 98 valence electrons. The molecule has 0 amide bonds. The van der Waals surface area contributed by atoms with Crippen molar-refractivity contribution in [2.24, 2.45) is 0 Å². The van der Waals surface area contributed by atoms with Gasteiger partial charge < -0.3 is 4.57 Å². The van der Waals surface area contributed by atoms with Gasteiger partial charge in [0.1, 0.15) is 5.82 Å². The molecule has 0 spiro atoms. The van der Waals surface area contributed by atoms with Gasteiger partial charge in [0.15, 0.2) is 0 Å². The van der Waals surface area contributed by atoms with Crippen molar-refractivity contribution in [3.05, 3.63) is 27.6 Å². The fourth-order valence-electron chi connectivity index (χ4n) is 2.19. The highest BCUT2D eigenvalue weighted by molar-refractivity contribution is 14.1. The molecular formula is C13H16ClIN2S. The van der Waals surface area contributed by atoms with Crippen molar-refractivity contribution >= 4 is 57.0 Å². The Hall–Kier alpha value is 0.0600. The lowest BCUT2D eigenvalue weighted by atomic mass is 10.2. The van der Waals surface area contributed by atoms with Crippen molar-refractivity contribution in [1.29, 1.82) is 0 Å². The molecule has 1 heterocycles. The summed E-state index contributed by atoms with van der Waals surface area (Å²) in [6, 6.07) is 6.88. The highest BCUT2D eigenvalue weighted by Gasteiger charge is 2.17. The number of nitrogens with zero attached hydrogens (tertiary/aromatic N) is 2. The summed E-state index contributed by atoms with van der Waals surface area (Å²) in [5.41, 5.74) is 2.25. The quantitative estimate of drug-likeness (QED) is 0.541. The molecule has 1 atom stereocenters. The number of thioether (sulfide) groups is 1. The van der Waals surface area contributed by atoms with Crippen LogP contribution in [0.25, 0.3) is 11.0 Å². The molecule has 2 rings (SSSR count). The molecule has 0 radical (unpaired) electrons. The Balaban J connectivity index is 2.58. The molecular weight excluding hydrogens is 379 g/mol. The van der Waals surface area contributed by atoms with Crippen LogP contribution in [0.4, 0.5) is 0 Å². The minimum Gasteiger partial charge on any atom is -0.323 e. The molecule has 5 heteroatoms. The van der Waals surface area contributed by atoms with E-state index >= 15 is 0 Å². The normalized spacial score (nSPS) is 13.1. The van der Waals surface area contributed by atoms with E-state index in [1.807, 2.05) is 11.8 Å². The number of hydrogen-bond donors (Lipinski definition) is 0. The van der Waals surface area contributed by atoms with Crippen LogP contribution in [0.1, 0.15) is 25.2 Å². The van der Waals surface area contributed by atoms with E-state index in [1.54, 1.807) is 0 Å². The Morgan fingerprint density at radius 1 is 1.50 bits per heavy atom. The lowest BCUT2D eigenvalue weighted by Crippen LogP contribution is -2.13. The highest BCUT2D eigenvalue weighted by atomic mass is 127. The summed E-state index contributed by atoms with van der Waals surface area (Å²) in [7, 11) is 0. The molecule has 1 aromatic carbocycles. The van der Waals surface area contributed by atoms with Crippen LogP contribution in [0, 0.1) is 3.57 Å². The van der Waals surface area contributed by atoms with Crippen LogP contribution in [-0.2, 0) is 5.88 Å². The molecule has 0 N–H and O–H groups in total. The van der Waals surface area contributed by atoms with E-state index in [0.29, 0.717) is 11.9 Å². The fourth-order valence-corrected chi connectivity index (χ4v) is 3.62. The molecule has 0 saturated carbocycles. The van der Waals surface area contributed by atoms with Gasteiger partial charge in [-0.05, 0) is 53.5 Å². The van der Waals surface area contributed by atoms with Gasteiger partial charge in [-0.1, -0.05) is 6.92 Å². The van der Waals surface area contributed by atoms with Crippen LogP contribution in [0.15, 0.2) is 18.2 Å². The predicted octanol–water partition coefficient (Wildman–Crippen LogP) is 4.69. The van der Waals surface area contributed by atoms with Crippen LogP contribution in [0.3, 0.4) is 0 Å². The van der Waals surface area contributed by atoms with Gasteiger partial charge in [0.2, 0.25) is 0 Å². The second-order valence-electron chi connectivity index (χ2n) is 4.18. The molecule has 0 aliphatic rings. The van der Waals surface area contributed by atoms with Crippen molar-refractivity contribution in [1.82, 2.24) is 9.55 Å². The highest BCUT2D eigenvalue weighted by Crippen LogP contribution is 2.27. The first-order chi connectivity index (χ1) is 8.71. The van der Waals surface area contributed by atoms with E-state index in [1.165, 1.54) is 9.09 Å². The summed E-state index contributed by atoms with van der Waals surface area (Å²) in [6.07, 6.45) is 3.24. The molecule has 1 aromatic heterocycles. The number of imidazole rings is 1. The van der Waals surface area contributed by atoms with E-state index in [2.05, 4.69) is 63.5 Å². The zero-order chi connectivity index (χ0) is 13.1. The number of benzene rings is 1. The number of halogens is 2. The zero-order valence-electron chi connectivity index (χ0n) is 10.5. The van der Waals surface area contributed by atoms with Crippen LogP contribution in [0.2, 0.25) is 0 Å². The van der Waals surface area contributed by atoms with E-state index in [9.17, 15) is 0 Å². The minimum absolute atomic E-state index is 0.468. The average Bonchev–Trinajstić information content (AvgIpc) is 2.73. The maximum atomic E-state index is 6.05. The molecule has 0 aliphatic heterocycles. The van der Waals surface area contributed by atoms with Crippen molar-refractivity contribution in [3.63, 3.8) is 0 Å². The van der Waals surface area contributed by atoms with Crippen molar-refractivity contribution in [3.8, 4) is 0 Å². The molecule has 0 bridgehead atoms. The van der Waals surface area contributed by atoms with Crippen molar-refractivity contribution in [2.75, 3.05) is 12.0 Å². The number of aromatic nitrogens is 2. The molecule has 18 heavy (non-hydrogen) atoms. The van der Waals surface area contributed by atoms with E-state index in [0.717, 1.165) is 23.5 Å². The summed E-state index contributed by atoms with van der Waals surface area (Å²) in [5, 5.41) is 0. The van der Waals surface area contributed by atoms with Gasteiger partial charge in [-0.15, -0.1) is 11.6 Å². The second-order valence-corrected chi connectivity index (χ2v) is 6.61. The van der Waals surface area contributed by atoms with E-state index in [-0.39, 0.29) is 0 Å². The third-order valence-electron chi connectivity index (χ3n) is 3.04. The Morgan fingerprint density at radius 2 is 2.28 bits per heavy atom. The largest absolute Gasteiger partial charge is 0.323 e. The Morgan fingerprint density at radius 3 is 2.89 bits per heavy atom. The van der Waals surface area contributed by atoms with Crippen LogP contribution >= 0.6 is 46.0 Å². The third kappa shape index (κ3) is 2.80. The van der Waals surface area contributed by atoms with Crippen LogP contribution in [-0.4, -0.2) is 21.6 Å². The van der Waals surface area contributed by atoms with Crippen molar-refractivity contribution < 1.29 is 0 Å².